The van der Waals surface area contributed by atoms with Crippen molar-refractivity contribution in [1.82, 2.24) is 0 Å². The van der Waals surface area contributed by atoms with Crippen LogP contribution < -0.4 is 5.73 Å². The fraction of sp³-hybridized carbons (Fsp3) is 0.600. The molecule has 2 aliphatic heterocycles. The molecule has 0 aromatic heterocycles. The maximum atomic E-state index is 13.3. The first kappa shape index (κ1) is 13.4. The Labute approximate surface area is 117 Å². The van der Waals surface area contributed by atoms with Gasteiger partial charge in [-0.3, -0.25) is 0 Å². The molecule has 2 saturated heterocycles. The van der Waals surface area contributed by atoms with Crippen LogP contribution in [0.25, 0.3) is 0 Å². The van der Waals surface area contributed by atoms with Gasteiger partial charge in [-0.2, -0.15) is 11.8 Å². The molecule has 0 radical (unpaired) electrons. The smallest absolute Gasteiger partial charge is 0.123 e. The number of ether oxygens (including phenoxy) is 1. The quantitative estimate of drug-likeness (QED) is 0.904. The molecule has 2 fully saturated rings. The molecule has 2 heterocycles. The molecule has 3 unspecified atom stereocenters. The van der Waals surface area contributed by atoms with Crippen molar-refractivity contribution in [1.29, 1.82) is 0 Å². The highest BCUT2D eigenvalue weighted by Gasteiger charge is 2.42. The van der Waals surface area contributed by atoms with Crippen molar-refractivity contribution >= 4 is 11.8 Å². The fourth-order valence-corrected chi connectivity index (χ4v) is 4.60. The predicted molar refractivity (Wildman–Crippen MR) is 76.7 cm³/mol. The Morgan fingerprint density at radius 3 is 3.11 bits per heavy atom. The van der Waals surface area contributed by atoms with Gasteiger partial charge in [0.15, 0.2) is 0 Å². The van der Waals surface area contributed by atoms with Crippen LogP contribution in [0.3, 0.4) is 0 Å². The maximum Gasteiger partial charge on any atom is 0.123 e. The third-order valence-electron chi connectivity index (χ3n) is 4.34. The number of halogens is 1. The molecule has 4 heteroatoms. The van der Waals surface area contributed by atoms with Crippen LogP contribution in [0.5, 0.6) is 0 Å². The van der Waals surface area contributed by atoms with Gasteiger partial charge in [-0.25, -0.2) is 4.39 Å². The standard InChI is InChI=1S/C15H20FNOS/c16-13-3-1-2-11(8-13)14(17)12-4-6-18-15(9-12)5-7-19-10-15/h1-3,8,12,14H,4-7,9-10,17H2. The Morgan fingerprint density at radius 2 is 2.37 bits per heavy atom. The van der Waals surface area contributed by atoms with Crippen LogP contribution in [0.2, 0.25) is 0 Å². The van der Waals surface area contributed by atoms with E-state index in [1.165, 1.54) is 11.8 Å². The lowest BCUT2D eigenvalue weighted by Gasteiger charge is -2.40. The van der Waals surface area contributed by atoms with Gasteiger partial charge in [0, 0.05) is 18.4 Å². The van der Waals surface area contributed by atoms with Gasteiger partial charge in [0.1, 0.15) is 5.82 Å². The minimum absolute atomic E-state index is 0.0402. The van der Waals surface area contributed by atoms with Gasteiger partial charge in [0.2, 0.25) is 0 Å². The first-order valence-corrected chi connectivity index (χ1v) is 8.07. The molecule has 0 aliphatic carbocycles. The average Bonchev–Trinajstić information content (AvgIpc) is 2.86. The molecule has 1 aromatic carbocycles. The van der Waals surface area contributed by atoms with Gasteiger partial charge < -0.3 is 10.5 Å². The van der Waals surface area contributed by atoms with Gasteiger partial charge in [-0.15, -0.1) is 0 Å². The monoisotopic (exact) mass is 281 g/mol. The van der Waals surface area contributed by atoms with Crippen LogP contribution in [-0.4, -0.2) is 23.7 Å². The van der Waals surface area contributed by atoms with Crippen LogP contribution in [0.15, 0.2) is 24.3 Å². The summed E-state index contributed by atoms with van der Waals surface area (Å²) in [7, 11) is 0. The fourth-order valence-electron chi connectivity index (χ4n) is 3.22. The second-order valence-corrected chi connectivity index (χ2v) is 6.77. The van der Waals surface area contributed by atoms with Crippen molar-refractivity contribution in [3.05, 3.63) is 35.6 Å². The Balaban J connectivity index is 1.74. The molecule has 0 amide bonds. The summed E-state index contributed by atoms with van der Waals surface area (Å²) in [5.41, 5.74) is 7.31. The van der Waals surface area contributed by atoms with Crippen molar-refractivity contribution < 1.29 is 9.13 Å². The number of thioether (sulfide) groups is 1. The molecule has 2 N–H and O–H groups in total. The summed E-state index contributed by atoms with van der Waals surface area (Å²) in [4.78, 5) is 0. The van der Waals surface area contributed by atoms with Gasteiger partial charge >= 0.3 is 0 Å². The van der Waals surface area contributed by atoms with Crippen LogP contribution in [-0.2, 0) is 4.74 Å². The van der Waals surface area contributed by atoms with E-state index in [-0.39, 0.29) is 17.5 Å². The van der Waals surface area contributed by atoms with Gasteiger partial charge in [0.05, 0.1) is 5.60 Å². The van der Waals surface area contributed by atoms with Crippen molar-refractivity contribution in [2.45, 2.75) is 30.9 Å². The lowest BCUT2D eigenvalue weighted by molar-refractivity contribution is -0.0834. The summed E-state index contributed by atoms with van der Waals surface area (Å²) >= 11 is 1.97. The Bertz CT molecular complexity index is 448. The second kappa shape index (κ2) is 5.43. The number of hydrogen-bond acceptors (Lipinski definition) is 3. The van der Waals surface area contributed by atoms with Crippen molar-refractivity contribution in [2.75, 3.05) is 18.1 Å². The third kappa shape index (κ3) is 2.81. The molecule has 104 valence electrons. The molecule has 19 heavy (non-hydrogen) atoms. The van der Waals surface area contributed by atoms with Gasteiger partial charge in [0.25, 0.3) is 0 Å². The molecule has 0 saturated carbocycles. The molecule has 2 aliphatic rings. The van der Waals surface area contributed by atoms with E-state index in [0.717, 1.165) is 37.2 Å². The highest BCUT2D eigenvalue weighted by molar-refractivity contribution is 7.99. The van der Waals surface area contributed by atoms with E-state index in [0.29, 0.717) is 5.92 Å². The Hall–Kier alpha value is -0.580. The molecule has 0 bridgehead atoms. The number of benzene rings is 1. The third-order valence-corrected chi connectivity index (χ3v) is 5.56. The van der Waals surface area contributed by atoms with E-state index < -0.39 is 0 Å². The number of nitrogens with two attached hydrogens (primary N) is 1. The molecule has 1 aromatic rings. The lowest BCUT2D eigenvalue weighted by Crippen LogP contribution is -2.42. The molecule has 3 atom stereocenters. The minimum Gasteiger partial charge on any atom is -0.374 e. The topological polar surface area (TPSA) is 35.2 Å². The lowest BCUT2D eigenvalue weighted by atomic mass is 9.79. The summed E-state index contributed by atoms with van der Waals surface area (Å²) < 4.78 is 19.3. The summed E-state index contributed by atoms with van der Waals surface area (Å²) in [6, 6.07) is 6.62. The largest absolute Gasteiger partial charge is 0.374 e. The van der Waals surface area contributed by atoms with Crippen LogP contribution in [0.4, 0.5) is 4.39 Å². The summed E-state index contributed by atoms with van der Waals surface area (Å²) in [6.45, 7) is 0.786. The number of rotatable bonds is 2. The van der Waals surface area contributed by atoms with E-state index in [1.807, 2.05) is 17.8 Å². The summed E-state index contributed by atoms with van der Waals surface area (Å²) in [6.07, 6.45) is 3.12. The van der Waals surface area contributed by atoms with Gasteiger partial charge in [-0.1, -0.05) is 12.1 Å². The highest BCUT2D eigenvalue weighted by Crippen LogP contribution is 2.43. The van der Waals surface area contributed by atoms with Crippen molar-refractivity contribution in [3.8, 4) is 0 Å². The van der Waals surface area contributed by atoms with Crippen molar-refractivity contribution in [3.63, 3.8) is 0 Å². The molecule has 2 nitrogen and oxygen atoms in total. The SMILES string of the molecule is NC(c1cccc(F)c1)C1CCOC2(CCSC2)C1. The van der Waals surface area contributed by atoms with Gasteiger partial charge in [-0.05, 0) is 48.6 Å². The first-order chi connectivity index (χ1) is 9.19. The second-order valence-electron chi connectivity index (χ2n) is 5.67. The molecule has 3 rings (SSSR count). The highest BCUT2D eigenvalue weighted by atomic mass is 32.2. The Morgan fingerprint density at radius 1 is 1.47 bits per heavy atom. The van der Waals surface area contributed by atoms with Crippen LogP contribution in [0.1, 0.15) is 30.9 Å². The molecular weight excluding hydrogens is 261 g/mol. The zero-order valence-corrected chi connectivity index (χ0v) is 11.8. The van der Waals surface area contributed by atoms with E-state index in [4.69, 9.17) is 10.5 Å². The molecular formula is C15H20FNOS. The van der Waals surface area contributed by atoms with E-state index in [9.17, 15) is 4.39 Å². The predicted octanol–water partition coefficient (Wildman–Crippen LogP) is 3.13. The number of hydrogen-bond donors (Lipinski definition) is 1. The minimum atomic E-state index is -0.203. The maximum absolute atomic E-state index is 13.3. The zero-order valence-electron chi connectivity index (χ0n) is 11.0. The summed E-state index contributed by atoms with van der Waals surface area (Å²) in [5.74, 6) is 2.46. The van der Waals surface area contributed by atoms with Crippen LogP contribution >= 0.6 is 11.8 Å². The van der Waals surface area contributed by atoms with E-state index in [1.54, 1.807) is 12.1 Å². The van der Waals surface area contributed by atoms with Crippen molar-refractivity contribution in [2.24, 2.45) is 11.7 Å². The summed E-state index contributed by atoms with van der Waals surface area (Å²) in [5, 5.41) is 0. The van der Waals surface area contributed by atoms with Crippen LogP contribution in [0, 0.1) is 11.7 Å². The van der Waals surface area contributed by atoms with E-state index >= 15 is 0 Å². The average molecular weight is 281 g/mol. The first-order valence-electron chi connectivity index (χ1n) is 6.91. The normalized spacial score (nSPS) is 32.6. The zero-order chi connectivity index (χ0) is 13.3. The molecule has 1 spiro atoms. The Kier molecular flexibility index (Phi) is 3.83. The van der Waals surface area contributed by atoms with E-state index in [2.05, 4.69) is 0 Å².